The van der Waals surface area contributed by atoms with Crippen molar-refractivity contribution in [3.8, 4) is 5.75 Å². The van der Waals surface area contributed by atoms with Gasteiger partial charge in [0.05, 0.1) is 41.1 Å². The number of amides is 1. The van der Waals surface area contributed by atoms with Crippen LogP contribution in [0.15, 0.2) is 47.8 Å². The number of benzene rings is 2. The number of aromatic nitrogens is 1. The lowest BCUT2D eigenvalue weighted by atomic mass is 10.1. The predicted molar refractivity (Wildman–Crippen MR) is 126 cm³/mol. The van der Waals surface area contributed by atoms with Crippen LogP contribution in [0.2, 0.25) is 0 Å². The van der Waals surface area contributed by atoms with Gasteiger partial charge in [-0.3, -0.25) is 19.8 Å². The Balaban J connectivity index is 1.79. The average Bonchev–Trinajstić information content (AvgIpc) is 3.30. The van der Waals surface area contributed by atoms with E-state index in [-0.39, 0.29) is 30.2 Å². The molecule has 0 radical (unpaired) electrons. The van der Waals surface area contributed by atoms with Crippen LogP contribution in [0.3, 0.4) is 0 Å². The minimum absolute atomic E-state index is 0.0690. The number of carbonyl (C=O) groups is 3. The van der Waals surface area contributed by atoms with E-state index < -0.39 is 22.5 Å². The SMILES string of the molecule is CCOC(=O)c1cc(C(=O)OCc2csc(N(C(C)=O)c3ccccc3OC)n2)cc([N+](=O)[O-])c1. The molecule has 0 atom stereocenters. The summed E-state index contributed by atoms with van der Waals surface area (Å²) >= 11 is 1.16. The number of para-hydroxylation sites is 2. The number of esters is 2. The quantitative estimate of drug-likeness (QED) is 0.240. The molecule has 0 bridgehead atoms. The van der Waals surface area contributed by atoms with E-state index in [0.29, 0.717) is 22.3 Å². The number of ether oxygens (including phenoxy) is 3. The molecule has 0 aliphatic carbocycles. The predicted octanol–water partition coefficient (Wildman–Crippen LogP) is 4.28. The maximum atomic E-state index is 12.6. The number of hydrogen-bond acceptors (Lipinski definition) is 10. The zero-order valence-corrected chi connectivity index (χ0v) is 19.9. The molecule has 35 heavy (non-hydrogen) atoms. The summed E-state index contributed by atoms with van der Waals surface area (Å²) in [4.78, 5) is 53.2. The third-order valence-corrected chi connectivity index (χ3v) is 5.47. The average molecular weight is 500 g/mol. The molecule has 0 saturated heterocycles. The molecule has 0 fully saturated rings. The molecule has 11 nitrogen and oxygen atoms in total. The van der Waals surface area contributed by atoms with Gasteiger partial charge in [-0.25, -0.2) is 14.6 Å². The Labute approximate surface area is 204 Å². The summed E-state index contributed by atoms with van der Waals surface area (Å²) < 4.78 is 15.4. The summed E-state index contributed by atoms with van der Waals surface area (Å²) in [6.45, 7) is 2.79. The van der Waals surface area contributed by atoms with E-state index in [2.05, 4.69) is 4.98 Å². The number of anilines is 2. The van der Waals surface area contributed by atoms with Crippen molar-refractivity contribution in [2.75, 3.05) is 18.6 Å². The molecule has 0 spiro atoms. The van der Waals surface area contributed by atoms with Crippen molar-refractivity contribution in [1.82, 2.24) is 4.98 Å². The number of rotatable bonds is 9. The smallest absolute Gasteiger partial charge is 0.338 e. The van der Waals surface area contributed by atoms with Crippen molar-refractivity contribution < 1.29 is 33.5 Å². The molecule has 0 N–H and O–H groups in total. The Kier molecular flexibility index (Phi) is 8.10. The lowest BCUT2D eigenvalue weighted by molar-refractivity contribution is -0.384. The fourth-order valence-electron chi connectivity index (χ4n) is 3.08. The van der Waals surface area contributed by atoms with Gasteiger partial charge in [0.25, 0.3) is 5.69 Å². The topological polar surface area (TPSA) is 138 Å². The van der Waals surface area contributed by atoms with E-state index >= 15 is 0 Å². The highest BCUT2D eigenvalue weighted by Crippen LogP contribution is 2.35. The third kappa shape index (κ3) is 5.98. The Morgan fingerprint density at radius 3 is 2.34 bits per heavy atom. The zero-order chi connectivity index (χ0) is 25.5. The first kappa shape index (κ1) is 25.3. The second-order valence-electron chi connectivity index (χ2n) is 6.97. The summed E-state index contributed by atoms with van der Waals surface area (Å²) in [5.74, 6) is -1.50. The number of methoxy groups -OCH3 is 1. The molecule has 0 aliphatic heterocycles. The molecular formula is C23H21N3O8S. The number of carbonyl (C=O) groups excluding carboxylic acids is 3. The van der Waals surface area contributed by atoms with Crippen LogP contribution >= 0.6 is 11.3 Å². The lowest BCUT2D eigenvalue weighted by Crippen LogP contribution is -2.23. The van der Waals surface area contributed by atoms with E-state index in [1.807, 2.05) is 0 Å². The minimum atomic E-state index is -0.887. The van der Waals surface area contributed by atoms with Crippen molar-refractivity contribution in [3.63, 3.8) is 0 Å². The summed E-state index contributed by atoms with van der Waals surface area (Å²) in [7, 11) is 1.49. The Bertz CT molecular complexity index is 1270. The molecule has 2 aromatic carbocycles. The molecule has 0 unspecified atom stereocenters. The number of nitrogens with zero attached hydrogens (tertiary/aromatic N) is 3. The van der Waals surface area contributed by atoms with Crippen molar-refractivity contribution >= 4 is 45.7 Å². The van der Waals surface area contributed by atoms with Crippen molar-refractivity contribution in [2.24, 2.45) is 0 Å². The summed E-state index contributed by atoms with van der Waals surface area (Å²) in [6, 6.07) is 10.2. The Morgan fingerprint density at radius 1 is 1.09 bits per heavy atom. The maximum absolute atomic E-state index is 12.6. The van der Waals surface area contributed by atoms with Crippen LogP contribution in [0.1, 0.15) is 40.3 Å². The van der Waals surface area contributed by atoms with Gasteiger partial charge in [-0.15, -0.1) is 11.3 Å². The first-order valence-corrected chi connectivity index (χ1v) is 11.1. The molecule has 1 heterocycles. The van der Waals surface area contributed by atoms with Crippen molar-refractivity contribution in [1.29, 1.82) is 0 Å². The molecule has 1 aromatic heterocycles. The number of nitro benzene ring substituents is 1. The fourth-order valence-corrected chi connectivity index (χ4v) is 3.94. The highest BCUT2D eigenvalue weighted by atomic mass is 32.1. The molecule has 1 amide bonds. The minimum Gasteiger partial charge on any atom is -0.495 e. The van der Waals surface area contributed by atoms with Gasteiger partial charge in [0.15, 0.2) is 5.13 Å². The van der Waals surface area contributed by atoms with Crippen LogP contribution < -0.4 is 9.64 Å². The van der Waals surface area contributed by atoms with Crippen molar-refractivity contribution in [2.45, 2.75) is 20.5 Å². The number of non-ortho nitro benzene ring substituents is 1. The third-order valence-electron chi connectivity index (χ3n) is 4.60. The van der Waals surface area contributed by atoms with Gasteiger partial charge in [-0.05, 0) is 25.1 Å². The first-order valence-electron chi connectivity index (χ1n) is 10.3. The fraction of sp³-hybridized carbons (Fsp3) is 0.217. The van der Waals surface area contributed by atoms with Gasteiger partial charge < -0.3 is 14.2 Å². The number of hydrogen-bond donors (Lipinski definition) is 0. The molecule has 182 valence electrons. The second-order valence-corrected chi connectivity index (χ2v) is 7.81. The Morgan fingerprint density at radius 2 is 1.74 bits per heavy atom. The van der Waals surface area contributed by atoms with E-state index in [9.17, 15) is 24.5 Å². The summed E-state index contributed by atoms with van der Waals surface area (Å²) in [5.41, 5.74) is 0.0846. The van der Waals surface area contributed by atoms with E-state index in [1.165, 1.54) is 25.0 Å². The molecule has 3 aromatic rings. The van der Waals surface area contributed by atoms with Crippen LogP contribution in [0.5, 0.6) is 5.75 Å². The van der Waals surface area contributed by atoms with Crippen LogP contribution in [0, 0.1) is 10.1 Å². The van der Waals surface area contributed by atoms with E-state index in [4.69, 9.17) is 14.2 Å². The monoisotopic (exact) mass is 499 g/mol. The second kappa shape index (κ2) is 11.2. The highest BCUT2D eigenvalue weighted by molar-refractivity contribution is 7.14. The Hall–Kier alpha value is -4.32. The van der Waals surface area contributed by atoms with Crippen LogP contribution in [-0.4, -0.2) is 41.5 Å². The van der Waals surface area contributed by atoms with Gasteiger partial charge in [0, 0.05) is 24.4 Å². The lowest BCUT2D eigenvalue weighted by Gasteiger charge is -2.20. The van der Waals surface area contributed by atoms with Gasteiger partial charge in [-0.1, -0.05) is 12.1 Å². The van der Waals surface area contributed by atoms with Gasteiger partial charge >= 0.3 is 11.9 Å². The summed E-state index contributed by atoms with van der Waals surface area (Å²) in [6.07, 6.45) is 0. The van der Waals surface area contributed by atoms with E-state index in [0.717, 1.165) is 23.5 Å². The van der Waals surface area contributed by atoms with Gasteiger partial charge in [0.1, 0.15) is 12.4 Å². The van der Waals surface area contributed by atoms with Crippen LogP contribution in [0.4, 0.5) is 16.5 Å². The van der Waals surface area contributed by atoms with E-state index in [1.54, 1.807) is 36.6 Å². The van der Waals surface area contributed by atoms with Gasteiger partial charge in [0.2, 0.25) is 5.91 Å². The molecular weight excluding hydrogens is 478 g/mol. The van der Waals surface area contributed by atoms with Crippen molar-refractivity contribution in [3.05, 3.63) is 74.8 Å². The molecule has 12 heteroatoms. The highest BCUT2D eigenvalue weighted by Gasteiger charge is 2.23. The standard InChI is InChI=1S/C23H21N3O8S/c1-4-33-21(28)15-9-16(11-18(10-15)26(30)31)22(29)34-12-17-13-35-23(24-17)25(14(2)27)19-7-5-6-8-20(19)32-3/h5-11,13H,4,12H2,1-3H3. The number of nitro groups is 1. The van der Waals surface area contributed by atoms with Gasteiger partial charge in [-0.2, -0.15) is 0 Å². The zero-order valence-electron chi connectivity index (χ0n) is 19.0. The number of thiazole rings is 1. The van der Waals surface area contributed by atoms with Crippen LogP contribution in [0.25, 0.3) is 0 Å². The molecule has 0 aliphatic rings. The first-order chi connectivity index (χ1) is 16.7. The normalized spacial score (nSPS) is 10.4. The molecule has 0 saturated carbocycles. The molecule has 3 rings (SSSR count). The summed E-state index contributed by atoms with van der Waals surface area (Å²) in [5, 5.41) is 13.2. The maximum Gasteiger partial charge on any atom is 0.338 e. The van der Waals surface area contributed by atoms with Crippen LogP contribution in [-0.2, 0) is 20.9 Å². The largest absolute Gasteiger partial charge is 0.495 e.